The molecule has 0 radical (unpaired) electrons. The third-order valence-electron chi connectivity index (χ3n) is 2.56. The maximum Gasteiger partial charge on any atom is 0.270 e. The number of hydrogen-bond donors (Lipinski definition) is 1. The Kier molecular flexibility index (Phi) is 4.84. The fraction of sp³-hybridized carbons (Fsp3) is 0.167. The van der Waals surface area contributed by atoms with Crippen molar-refractivity contribution in [1.82, 2.24) is 5.32 Å². The largest absolute Gasteiger partial charge is 0.550 e. The minimum absolute atomic E-state index is 0.0748. The van der Waals surface area contributed by atoms with Gasteiger partial charge in [-0.3, -0.25) is 14.9 Å². The van der Waals surface area contributed by atoms with Crippen LogP contribution in [0.4, 0.5) is 5.69 Å². The van der Waals surface area contributed by atoms with Gasteiger partial charge in [0.1, 0.15) is 0 Å². The van der Waals surface area contributed by atoms with Crippen LogP contribution in [0.2, 0.25) is 0 Å². The molecule has 0 aromatic heterocycles. The number of nitro benzene ring substituents is 1. The van der Waals surface area contributed by atoms with Gasteiger partial charge in [-0.1, -0.05) is 23.9 Å². The van der Waals surface area contributed by atoms with E-state index in [0.29, 0.717) is 5.56 Å². The molecule has 0 aliphatic carbocycles. The molecule has 1 aromatic rings. The number of hydrogen-bond acceptors (Lipinski definition) is 8. The summed E-state index contributed by atoms with van der Waals surface area (Å²) in [6.45, 7) is 0. The molecule has 9 nitrogen and oxygen atoms in total. The molecule has 0 saturated carbocycles. The van der Waals surface area contributed by atoms with Crippen LogP contribution in [0, 0.1) is 10.1 Å². The number of non-ortho nitro benzene ring substituents is 1. The van der Waals surface area contributed by atoms with Crippen LogP contribution in [0.25, 0.3) is 0 Å². The topological polar surface area (TPSA) is 137 Å². The van der Waals surface area contributed by atoms with E-state index in [-0.39, 0.29) is 10.9 Å². The van der Waals surface area contributed by atoms with Gasteiger partial charge in [-0.15, -0.1) is 5.10 Å². The smallest absolute Gasteiger partial charge is 0.270 e. The summed E-state index contributed by atoms with van der Waals surface area (Å²) >= 11 is 0.937. The summed E-state index contributed by atoms with van der Waals surface area (Å²) in [6.07, 6.45) is 0.878. The van der Waals surface area contributed by atoms with Crippen LogP contribution in [0.5, 0.6) is 0 Å². The molecule has 10 heteroatoms. The van der Waals surface area contributed by atoms with Gasteiger partial charge in [0.2, 0.25) is 5.91 Å². The zero-order chi connectivity index (χ0) is 16.1. The molecule has 1 saturated heterocycles. The molecular formula is C12H9N4O5S-. The molecule has 114 valence electrons. The van der Waals surface area contributed by atoms with Crippen molar-refractivity contribution in [3.8, 4) is 0 Å². The van der Waals surface area contributed by atoms with E-state index in [1.165, 1.54) is 24.4 Å². The second-order valence-electron chi connectivity index (χ2n) is 4.17. The number of carboxylic acids is 1. The number of benzene rings is 1. The zero-order valence-corrected chi connectivity index (χ0v) is 11.8. The van der Waals surface area contributed by atoms with Crippen molar-refractivity contribution >= 4 is 40.7 Å². The molecule has 1 aromatic carbocycles. The molecule has 1 aliphatic heterocycles. The number of amidine groups is 1. The molecular weight excluding hydrogens is 312 g/mol. The van der Waals surface area contributed by atoms with Gasteiger partial charge in [0.15, 0.2) is 5.17 Å². The van der Waals surface area contributed by atoms with Gasteiger partial charge in [-0.05, 0) is 0 Å². The fourth-order valence-corrected chi connectivity index (χ4v) is 2.51. The molecule has 1 heterocycles. The van der Waals surface area contributed by atoms with Crippen LogP contribution in [-0.4, -0.2) is 33.4 Å². The average Bonchev–Trinajstić information content (AvgIpc) is 2.78. The molecule has 2 rings (SSSR count). The van der Waals surface area contributed by atoms with Crippen LogP contribution in [-0.2, 0) is 9.59 Å². The number of nitrogens with zero attached hydrogens (tertiary/aromatic N) is 3. The first-order valence-electron chi connectivity index (χ1n) is 5.98. The van der Waals surface area contributed by atoms with E-state index in [9.17, 15) is 24.8 Å². The first-order valence-corrected chi connectivity index (χ1v) is 6.86. The molecule has 0 spiro atoms. The summed E-state index contributed by atoms with van der Waals surface area (Å²) < 4.78 is 0. The standard InChI is InChI=1S/C12H10N4O5S/c17-10(18)5-9-11(19)14-12(22-9)15-13-6-7-2-1-3-8(4-7)16(20)21/h1-4,6,9H,5H2,(H,17,18)(H,14,15,19)/p-1/b13-6-/t9-/m1/s1. The highest BCUT2D eigenvalue weighted by Gasteiger charge is 2.30. The lowest BCUT2D eigenvalue weighted by Gasteiger charge is -2.04. The summed E-state index contributed by atoms with van der Waals surface area (Å²) in [5.41, 5.74) is 0.397. The third kappa shape index (κ3) is 4.12. The summed E-state index contributed by atoms with van der Waals surface area (Å²) in [6, 6.07) is 5.79. The number of carbonyl (C=O) groups excluding carboxylic acids is 2. The Hall–Kier alpha value is -2.75. The van der Waals surface area contributed by atoms with E-state index in [0.717, 1.165) is 11.8 Å². The first-order chi connectivity index (χ1) is 10.5. The van der Waals surface area contributed by atoms with Gasteiger partial charge in [-0.2, -0.15) is 5.10 Å². The summed E-state index contributed by atoms with van der Waals surface area (Å²) in [7, 11) is 0. The Morgan fingerprint density at radius 2 is 2.27 bits per heavy atom. The quantitative estimate of drug-likeness (QED) is 0.447. The third-order valence-corrected chi connectivity index (χ3v) is 3.64. The van der Waals surface area contributed by atoms with Crippen molar-refractivity contribution in [3.63, 3.8) is 0 Å². The zero-order valence-electron chi connectivity index (χ0n) is 11.0. The van der Waals surface area contributed by atoms with Crippen molar-refractivity contribution in [1.29, 1.82) is 0 Å². The summed E-state index contributed by atoms with van der Waals surface area (Å²) in [4.78, 5) is 32.0. The molecule has 0 unspecified atom stereocenters. The van der Waals surface area contributed by atoms with E-state index in [4.69, 9.17) is 0 Å². The molecule has 1 fully saturated rings. The maximum absolute atomic E-state index is 11.4. The Morgan fingerprint density at radius 1 is 1.50 bits per heavy atom. The average molecular weight is 321 g/mol. The Bertz CT molecular complexity index is 688. The van der Waals surface area contributed by atoms with Crippen LogP contribution < -0.4 is 10.4 Å². The second-order valence-corrected chi connectivity index (χ2v) is 5.37. The highest BCUT2D eigenvalue weighted by atomic mass is 32.2. The Labute approximate surface area is 128 Å². The van der Waals surface area contributed by atoms with Crippen molar-refractivity contribution in [2.45, 2.75) is 11.7 Å². The van der Waals surface area contributed by atoms with Gasteiger partial charge >= 0.3 is 0 Å². The van der Waals surface area contributed by atoms with Gasteiger partial charge in [-0.25, -0.2) is 0 Å². The molecule has 1 N–H and O–H groups in total. The fourth-order valence-electron chi connectivity index (χ4n) is 1.60. The van der Waals surface area contributed by atoms with Crippen LogP contribution >= 0.6 is 11.8 Å². The van der Waals surface area contributed by atoms with Gasteiger partial charge in [0, 0.05) is 30.1 Å². The number of carbonyl (C=O) groups is 2. The highest BCUT2D eigenvalue weighted by molar-refractivity contribution is 8.15. The SMILES string of the molecule is O=C([O-])C[C@H]1S/C(=N\N=C/c2cccc([N+](=O)[O-])c2)NC1=O. The number of amides is 1. The minimum Gasteiger partial charge on any atom is -0.550 e. The predicted molar refractivity (Wildman–Crippen MR) is 77.3 cm³/mol. The number of nitro groups is 1. The van der Waals surface area contributed by atoms with Crippen molar-refractivity contribution in [2.24, 2.45) is 10.2 Å². The number of thioether (sulfide) groups is 1. The Morgan fingerprint density at radius 3 is 2.95 bits per heavy atom. The lowest BCUT2D eigenvalue weighted by atomic mass is 10.2. The molecule has 1 atom stereocenters. The monoisotopic (exact) mass is 321 g/mol. The Balaban J connectivity index is 2.03. The van der Waals surface area contributed by atoms with E-state index in [1.54, 1.807) is 6.07 Å². The van der Waals surface area contributed by atoms with E-state index in [1.807, 2.05) is 0 Å². The number of carboxylic acid groups (broad SMARTS) is 1. The lowest BCUT2D eigenvalue weighted by molar-refractivity contribution is -0.384. The van der Waals surface area contributed by atoms with Crippen LogP contribution in [0.3, 0.4) is 0 Å². The van der Waals surface area contributed by atoms with E-state index >= 15 is 0 Å². The van der Waals surface area contributed by atoms with Crippen LogP contribution in [0.15, 0.2) is 34.5 Å². The minimum atomic E-state index is -1.33. The van der Waals surface area contributed by atoms with Crippen molar-refractivity contribution in [2.75, 3.05) is 0 Å². The normalized spacial score (nSPS) is 19.5. The summed E-state index contributed by atoms with van der Waals surface area (Å²) in [5.74, 6) is -1.80. The van der Waals surface area contributed by atoms with E-state index < -0.39 is 28.5 Å². The predicted octanol–water partition coefficient (Wildman–Crippen LogP) is -0.344. The van der Waals surface area contributed by atoms with Crippen molar-refractivity contribution < 1.29 is 19.6 Å². The molecule has 22 heavy (non-hydrogen) atoms. The van der Waals surface area contributed by atoms with Gasteiger partial charge < -0.3 is 15.2 Å². The highest BCUT2D eigenvalue weighted by Crippen LogP contribution is 2.22. The van der Waals surface area contributed by atoms with Crippen molar-refractivity contribution in [3.05, 3.63) is 39.9 Å². The second kappa shape index (κ2) is 6.80. The van der Waals surface area contributed by atoms with Crippen LogP contribution in [0.1, 0.15) is 12.0 Å². The molecule has 1 amide bonds. The first kappa shape index (κ1) is 15.6. The maximum atomic E-state index is 11.4. The number of nitrogens with one attached hydrogen (secondary N) is 1. The molecule has 0 bridgehead atoms. The van der Waals surface area contributed by atoms with Gasteiger partial charge in [0.05, 0.1) is 16.4 Å². The van der Waals surface area contributed by atoms with Gasteiger partial charge in [0.25, 0.3) is 5.69 Å². The number of rotatable bonds is 5. The lowest BCUT2D eigenvalue weighted by Crippen LogP contribution is -2.31. The molecule has 1 aliphatic rings. The van der Waals surface area contributed by atoms with E-state index in [2.05, 4.69) is 15.5 Å². The summed E-state index contributed by atoms with van der Waals surface area (Å²) in [5, 5.41) is 30.3. The number of aliphatic carboxylic acids is 1.